The van der Waals surface area contributed by atoms with Crippen molar-refractivity contribution < 1.29 is 19.4 Å². The number of carboxylic acid groups (broad SMARTS) is 1. The highest BCUT2D eigenvalue weighted by atomic mass is 35.5. The lowest BCUT2D eigenvalue weighted by Crippen LogP contribution is -2.23. The summed E-state index contributed by atoms with van der Waals surface area (Å²) in [6.45, 7) is 0.246. The van der Waals surface area contributed by atoms with Crippen molar-refractivity contribution in [2.45, 2.75) is 6.61 Å². The van der Waals surface area contributed by atoms with Crippen LogP contribution in [0.1, 0.15) is 21.5 Å². The normalized spacial score (nSPS) is 15.9. The van der Waals surface area contributed by atoms with Crippen molar-refractivity contribution in [3.63, 3.8) is 0 Å². The maximum Gasteiger partial charge on any atom is 0.335 e. The van der Waals surface area contributed by atoms with E-state index >= 15 is 0 Å². The number of benzene rings is 3. The zero-order chi connectivity index (χ0) is 24.2. The van der Waals surface area contributed by atoms with E-state index in [1.807, 2.05) is 30.3 Å². The number of amides is 1. The largest absolute Gasteiger partial charge is 0.488 e. The number of aliphatic imine (C=N–C) groups is 1. The first-order chi connectivity index (χ1) is 16.3. The third kappa shape index (κ3) is 5.44. The molecule has 4 rings (SSSR count). The molecule has 0 spiro atoms. The number of halogens is 2. The van der Waals surface area contributed by atoms with Crippen LogP contribution in [0.3, 0.4) is 0 Å². The zero-order valence-electron chi connectivity index (χ0n) is 17.9. The van der Waals surface area contributed by atoms with Crippen LogP contribution in [0, 0.1) is 0 Å². The molecular weight excluding hydrogens is 495 g/mol. The molecule has 172 valence electrons. The average Bonchev–Trinajstić information content (AvgIpc) is 3.07. The summed E-state index contributed by atoms with van der Waals surface area (Å²) in [7, 11) is 1.64. The van der Waals surface area contributed by atoms with Crippen molar-refractivity contribution in [2.24, 2.45) is 4.99 Å². The summed E-state index contributed by atoms with van der Waals surface area (Å²) < 4.78 is 5.98. The van der Waals surface area contributed by atoms with Crippen LogP contribution in [-0.4, -0.2) is 34.1 Å². The van der Waals surface area contributed by atoms with Gasteiger partial charge in [-0.15, -0.1) is 0 Å². The molecule has 0 unspecified atom stereocenters. The van der Waals surface area contributed by atoms with Crippen LogP contribution in [0.4, 0.5) is 5.69 Å². The number of amidine groups is 1. The van der Waals surface area contributed by atoms with E-state index in [1.54, 1.807) is 37.4 Å². The lowest BCUT2D eigenvalue weighted by molar-refractivity contribution is -0.121. The molecular formula is C25H18Cl2N2O4S. The molecule has 1 aliphatic rings. The number of likely N-dealkylation sites (N-methyl/N-ethyl adjacent to an activating group) is 1. The Balaban J connectivity index is 1.55. The summed E-state index contributed by atoms with van der Waals surface area (Å²) in [6, 6.07) is 18.8. The average molecular weight is 513 g/mol. The molecule has 0 bridgehead atoms. The van der Waals surface area contributed by atoms with Crippen LogP contribution >= 0.6 is 35.0 Å². The number of hydrogen-bond donors (Lipinski definition) is 1. The molecule has 1 aliphatic heterocycles. The first-order valence-corrected chi connectivity index (χ1v) is 11.6. The van der Waals surface area contributed by atoms with E-state index in [0.717, 1.165) is 11.1 Å². The van der Waals surface area contributed by atoms with E-state index in [0.29, 0.717) is 31.6 Å². The van der Waals surface area contributed by atoms with Gasteiger partial charge in [0.05, 0.1) is 16.2 Å². The van der Waals surface area contributed by atoms with Gasteiger partial charge in [0.2, 0.25) is 0 Å². The van der Waals surface area contributed by atoms with Crippen molar-refractivity contribution in [2.75, 3.05) is 7.05 Å². The zero-order valence-corrected chi connectivity index (χ0v) is 20.2. The first kappa shape index (κ1) is 23.9. The standard InChI is InChI=1S/C25H18Cl2N2O4S/c1-29-23(30)22(34-25(29)28-19-10-7-15(8-11-19)24(31)32)12-16-4-2-3-5-21(16)33-14-17-6-9-18(26)13-20(17)27/h2-13H,14H2,1H3,(H,31,32)/b22-12-,28-25?. The number of thioether (sulfide) groups is 1. The Morgan fingerprint density at radius 3 is 2.56 bits per heavy atom. The highest BCUT2D eigenvalue weighted by molar-refractivity contribution is 8.18. The van der Waals surface area contributed by atoms with Gasteiger partial charge in [0.25, 0.3) is 5.91 Å². The quantitative estimate of drug-likeness (QED) is 0.381. The highest BCUT2D eigenvalue weighted by Crippen LogP contribution is 2.35. The number of hydrogen-bond acceptors (Lipinski definition) is 5. The molecule has 0 atom stereocenters. The third-order valence-corrected chi connectivity index (χ3v) is 6.59. The summed E-state index contributed by atoms with van der Waals surface area (Å²) in [5.41, 5.74) is 2.26. The van der Waals surface area contributed by atoms with Crippen LogP contribution in [0.25, 0.3) is 6.08 Å². The molecule has 0 aliphatic carbocycles. The fourth-order valence-electron chi connectivity index (χ4n) is 3.11. The summed E-state index contributed by atoms with van der Waals surface area (Å²) in [6.07, 6.45) is 1.76. The van der Waals surface area contributed by atoms with Gasteiger partial charge in [0, 0.05) is 28.2 Å². The van der Waals surface area contributed by atoms with Crippen molar-refractivity contribution in [1.82, 2.24) is 4.90 Å². The SMILES string of the molecule is CN1C(=O)/C(=C/c2ccccc2OCc2ccc(Cl)cc2Cl)SC1=Nc1ccc(C(=O)O)cc1. The van der Waals surface area contributed by atoms with Gasteiger partial charge in [0.1, 0.15) is 12.4 Å². The molecule has 1 N–H and O–H groups in total. The number of carbonyl (C=O) groups is 2. The number of carboxylic acids is 1. The van der Waals surface area contributed by atoms with Crippen molar-refractivity contribution in [3.8, 4) is 5.75 Å². The first-order valence-electron chi connectivity index (χ1n) is 10.1. The predicted octanol–water partition coefficient (Wildman–Crippen LogP) is 6.50. The molecule has 0 radical (unpaired) electrons. The topological polar surface area (TPSA) is 79.2 Å². The summed E-state index contributed by atoms with van der Waals surface area (Å²) >= 11 is 13.4. The predicted molar refractivity (Wildman–Crippen MR) is 136 cm³/mol. The number of carbonyl (C=O) groups excluding carboxylic acids is 1. The Kier molecular flexibility index (Phi) is 7.26. The molecule has 1 saturated heterocycles. The van der Waals surface area contributed by atoms with Crippen molar-refractivity contribution in [3.05, 3.63) is 98.4 Å². The molecule has 3 aromatic carbocycles. The van der Waals surface area contributed by atoms with Crippen LogP contribution < -0.4 is 4.74 Å². The minimum atomic E-state index is -1.01. The fraction of sp³-hybridized carbons (Fsp3) is 0.0800. The van der Waals surface area contributed by atoms with Gasteiger partial charge in [-0.25, -0.2) is 9.79 Å². The lowest BCUT2D eigenvalue weighted by atomic mass is 10.1. The van der Waals surface area contributed by atoms with E-state index in [-0.39, 0.29) is 18.1 Å². The molecule has 0 saturated carbocycles. The maximum absolute atomic E-state index is 12.8. The minimum absolute atomic E-state index is 0.171. The Bertz CT molecular complexity index is 1320. The number of ether oxygens (including phenoxy) is 1. The summed E-state index contributed by atoms with van der Waals surface area (Å²) in [5, 5.41) is 10.6. The lowest BCUT2D eigenvalue weighted by Gasteiger charge is -2.11. The number of aromatic carboxylic acids is 1. The molecule has 3 aromatic rings. The maximum atomic E-state index is 12.8. The second-order valence-corrected chi connectivity index (χ2v) is 9.14. The van der Waals surface area contributed by atoms with E-state index in [1.165, 1.54) is 28.8 Å². The van der Waals surface area contributed by atoms with Crippen molar-refractivity contribution >= 4 is 63.8 Å². The molecule has 34 heavy (non-hydrogen) atoms. The van der Waals surface area contributed by atoms with E-state index < -0.39 is 5.97 Å². The summed E-state index contributed by atoms with van der Waals surface area (Å²) in [4.78, 5) is 30.3. The highest BCUT2D eigenvalue weighted by Gasteiger charge is 2.30. The Morgan fingerprint density at radius 1 is 1.12 bits per heavy atom. The fourth-order valence-corrected chi connectivity index (χ4v) is 4.55. The molecule has 6 nitrogen and oxygen atoms in total. The van der Waals surface area contributed by atoms with Gasteiger partial charge in [-0.1, -0.05) is 47.5 Å². The summed E-state index contributed by atoms with van der Waals surface area (Å²) in [5.74, 6) is -0.598. The van der Waals surface area contributed by atoms with Gasteiger partial charge in [0.15, 0.2) is 5.17 Å². The van der Waals surface area contributed by atoms with Gasteiger partial charge in [-0.3, -0.25) is 9.69 Å². The number of rotatable bonds is 6. The number of para-hydroxylation sites is 1. The second kappa shape index (κ2) is 10.3. The van der Waals surface area contributed by atoms with E-state index in [2.05, 4.69) is 4.99 Å². The van der Waals surface area contributed by atoms with Gasteiger partial charge in [-0.2, -0.15) is 0 Å². The monoisotopic (exact) mass is 512 g/mol. The smallest absolute Gasteiger partial charge is 0.335 e. The van der Waals surface area contributed by atoms with Gasteiger partial charge >= 0.3 is 5.97 Å². The van der Waals surface area contributed by atoms with Crippen LogP contribution in [0.5, 0.6) is 5.75 Å². The van der Waals surface area contributed by atoms with Crippen LogP contribution in [-0.2, 0) is 11.4 Å². The van der Waals surface area contributed by atoms with E-state index in [4.69, 9.17) is 33.0 Å². The molecule has 1 fully saturated rings. The second-order valence-electron chi connectivity index (χ2n) is 7.28. The molecule has 1 amide bonds. The molecule has 1 heterocycles. The Hall–Kier alpha value is -3.26. The third-order valence-electron chi connectivity index (χ3n) is 4.95. The van der Waals surface area contributed by atoms with Gasteiger partial charge in [-0.05, 0) is 60.3 Å². The molecule has 9 heteroatoms. The Morgan fingerprint density at radius 2 is 1.85 bits per heavy atom. The number of nitrogens with zero attached hydrogens (tertiary/aromatic N) is 2. The van der Waals surface area contributed by atoms with Gasteiger partial charge < -0.3 is 9.84 Å². The Labute approximate surface area is 210 Å². The van der Waals surface area contributed by atoms with E-state index in [9.17, 15) is 9.59 Å². The van der Waals surface area contributed by atoms with Crippen molar-refractivity contribution in [1.29, 1.82) is 0 Å². The minimum Gasteiger partial charge on any atom is -0.488 e. The molecule has 0 aromatic heterocycles. The van der Waals surface area contributed by atoms with Crippen LogP contribution in [0.15, 0.2) is 76.6 Å². The van der Waals surface area contributed by atoms with Crippen LogP contribution in [0.2, 0.25) is 10.0 Å².